The third-order valence-electron chi connectivity index (χ3n) is 5.43. The molecule has 34 heavy (non-hydrogen) atoms. The molecular weight excluding hydrogens is 436 g/mol. The summed E-state index contributed by atoms with van der Waals surface area (Å²) in [7, 11) is 1.31. The van der Waals surface area contributed by atoms with E-state index in [1.807, 2.05) is 13.0 Å². The average molecular weight is 467 g/mol. The van der Waals surface area contributed by atoms with Gasteiger partial charge in [0.05, 0.1) is 25.9 Å². The standard InChI is InChI=1S/C27H30O7/c1-5-8-19-21-16-25(27(30)31-4)34-24(21)13-12-22(19)32-14-7-15-33-23-11-10-18(17(3)28)26(29)20(23)9-6-2/h5,10-13,16,29H,1,6-9,14-15H2,2-4H3. The molecule has 0 aliphatic carbocycles. The van der Waals surface area contributed by atoms with Crippen LogP contribution in [0.5, 0.6) is 17.2 Å². The Labute approximate surface area is 198 Å². The molecule has 1 N–H and O–H groups in total. The van der Waals surface area contributed by atoms with Crippen LogP contribution in [0, 0.1) is 0 Å². The number of hydrogen-bond acceptors (Lipinski definition) is 7. The SMILES string of the molecule is C=CCc1c(OCCCOc2ccc(C(C)=O)c(O)c2CCC)ccc2oc(C(=O)OC)cc12. The Morgan fingerprint density at radius 1 is 1.09 bits per heavy atom. The van der Waals surface area contributed by atoms with Crippen LogP contribution in [0.25, 0.3) is 11.0 Å². The van der Waals surface area contributed by atoms with Gasteiger partial charge in [0.15, 0.2) is 5.78 Å². The fourth-order valence-electron chi connectivity index (χ4n) is 3.79. The van der Waals surface area contributed by atoms with Crippen LogP contribution < -0.4 is 9.47 Å². The second-order valence-corrected chi connectivity index (χ2v) is 7.84. The van der Waals surface area contributed by atoms with Crippen LogP contribution in [0.15, 0.2) is 47.4 Å². The fraction of sp³-hybridized carbons (Fsp3) is 0.333. The molecule has 3 rings (SSSR count). The van der Waals surface area contributed by atoms with Gasteiger partial charge in [-0.2, -0.15) is 0 Å². The number of carbonyl (C=O) groups excluding carboxylic acids is 2. The Kier molecular flexibility index (Phi) is 8.35. The number of methoxy groups -OCH3 is 1. The van der Waals surface area contributed by atoms with Crippen molar-refractivity contribution in [2.75, 3.05) is 20.3 Å². The highest BCUT2D eigenvalue weighted by atomic mass is 16.5. The molecule has 0 aliphatic heterocycles. The highest BCUT2D eigenvalue weighted by Gasteiger charge is 2.18. The van der Waals surface area contributed by atoms with E-state index in [2.05, 4.69) is 6.58 Å². The van der Waals surface area contributed by atoms with Crippen molar-refractivity contribution < 1.29 is 33.3 Å². The fourth-order valence-corrected chi connectivity index (χ4v) is 3.79. The molecule has 0 bridgehead atoms. The quantitative estimate of drug-likeness (QED) is 0.159. The van der Waals surface area contributed by atoms with Crippen LogP contribution in [0.1, 0.15) is 58.7 Å². The van der Waals surface area contributed by atoms with E-state index in [9.17, 15) is 14.7 Å². The minimum atomic E-state index is -0.537. The van der Waals surface area contributed by atoms with E-state index >= 15 is 0 Å². The van der Waals surface area contributed by atoms with Crippen LogP contribution in [0.4, 0.5) is 0 Å². The highest BCUT2D eigenvalue weighted by molar-refractivity contribution is 5.97. The number of carbonyl (C=O) groups is 2. The summed E-state index contributed by atoms with van der Waals surface area (Å²) < 4.78 is 22.2. The summed E-state index contributed by atoms with van der Waals surface area (Å²) in [6, 6.07) is 8.55. The van der Waals surface area contributed by atoms with E-state index in [0.717, 1.165) is 17.4 Å². The Balaban J connectivity index is 1.67. The van der Waals surface area contributed by atoms with Gasteiger partial charge in [-0.15, -0.1) is 6.58 Å². The van der Waals surface area contributed by atoms with Gasteiger partial charge in [-0.05, 0) is 50.1 Å². The van der Waals surface area contributed by atoms with Crippen molar-refractivity contribution in [3.05, 3.63) is 65.4 Å². The molecule has 0 saturated carbocycles. The van der Waals surface area contributed by atoms with Crippen molar-refractivity contribution in [1.82, 2.24) is 0 Å². The number of ketones is 1. The second kappa shape index (κ2) is 11.4. The number of phenols is 1. The van der Waals surface area contributed by atoms with Crippen LogP contribution in [0.3, 0.4) is 0 Å². The molecule has 0 saturated heterocycles. The lowest BCUT2D eigenvalue weighted by atomic mass is 10.0. The van der Waals surface area contributed by atoms with Crippen LogP contribution >= 0.6 is 0 Å². The third-order valence-corrected chi connectivity index (χ3v) is 5.43. The molecule has 0 fully saturated rings. The molecular formula is C27H30O7. The Hall–Kier alpha value is -3.74. The Bertz CT molecular complexity index is 1190. The van der Waals surface area contributed by atoms with Crippen molar-refractivity contribution in [3.63, 3.8) is 0 Å². The number of rotatable bonds is 12. The predicted molar refractivity (Wildman–Crippen MR) is 129 cm³/mol. The molecule has 0 unspecified atom stereocenters. The molecule has 0 atom stereocenters. The number of Topliss-reactive ketones (excluding diaryl/α,β-unsaturated/α-hetero) is 1. The maximum Gasteiger partial charge on any atom is 0.373 e. The predicted octanol–water partition coefficient (Wildman–Crippen LogP) is 5.66. The maximum absolute atomic E-state index is 11.8. The zero-order valence-corrected chi connectivity index (χ0v) is 19.8. The molecule has 7 heteroatoms. The number of ether oxygens (including phenoxy) is 3. The zero-order valence-electron chi connectivity index (χ0n) is 19.8. The average Bonchev–Trinajstić information content (AvgIpc) is 3.26. The number of furan rings is 1. The third kappa shape index (κ3) is 5.42. The van der Waals surface area contributed by atoms with Crippen LogP contribution in [0.2, 0.25) is 0 Å². The molecule has 0 radical (unpaired) electrons. The number of esters is 1. The summed E-state index contributed by atoms with van der Waals surface area (Å²) in [5.74, 6) is 0.669. The van der Waals surface area contributed by atoms with Crippen molar-refractivity contribution in [3.8, 4) is 17.2 Å². The smallest absolute Gasteiger partial charge is 0.373 e. The lowest BCUT2D eigenvalue weighted by molar-refractivity contribution is 0.0567. The van der Waals surface area contributed by atoms with Crippen molar-refractivity contribution >= 4 is 22.7 Å². The molecule has 1 heterocycles. The molecule has 0 spiro atoms. The summed E-state index contributed by atoms with van der Waals surface area (Å²) >= 11 is 0. The molecule has 3 aromatic rings. The number of fused-ring (bicyclic) bond motifs is 1. The van der Waals surface area contributed by atoms with Gasteiger partial charge in [-0.3, -0.25) is 4.79 Å². The normalized spacial score (nSPS) is 10.8. The van der Waals surface area contributed by atoms with E-state index in [4.69, 9.17) is 18.6 Å². The van der Waals surface area contributed by atoms with Gasteiger partial charge in [0.25, 0.3) is 0 Å². The first-order valence-electron chi connectivity index (χ1n) is 11.3. The van der Waals surface area contributed by atoms with E-state index in [-0.39, 0.29) is 17.3 Å². The first-order valence-corrected chi connectivity index (χ1v) is 11.3. The summed E-state index contributed by atoms with van der Waals surface area (Å²) in [5, 5.41) is 11.2. The number of aromatic hydroxyl groups is 1. The minimum absolute atomic E-state index is 0.00287. The zero-order chi connectivity index (χ0) is 24.7. The van der Waals surface area contributed by atoms with Crippen LogP contribution in [-0.2, 0) is 17.6 Å². The largest absolute Gasteiger partial charge is 0.507 e. The Morgan fingerprint density at radius 2 is 1.76 bits per heavy atom. The second-order valence-electron chi connectivity index (χ2n) is 7.84. The van der Waals surface area contributed by atoms with Gasteiger partial charge >= 0.3 is 5.97 Å². The molecule has 7 nitrogen and oxygen atoms in total. The van der Waals surface area contributed by atoms with E-state index in [1.54, 1.807) is 30.3 Å². The molecule has 0 aliphatic rings. The van der Waals surface area contributed by atoms with Gasteiger partial charge in [-0.1, -0.05) is 19.4 Å². The molecule has 180 valence electrons. The first kappa shape index (κ1) is 24.9. The number of benzene rings is 2. The van der Waals surface area contributed by atoms with Gasteiger partial charge in [0.2, 0.25) is 5.76 Å². The number of allylic oxidation sites excluding steroid dienone is 1. The highest BCUT2D eigenvalue weighted by Crippen LogP contribution is 2.34. The van der Waals surface area contributed by atoms with E-state index in [1.165, 1.54) is 14.0 Å². The molecule has 1 aromatic heterocycles. The van der Waals surface area contributed by atoms with Gasteiger partial charge in [-0.25, -0.2) is 4.79 Å². The maximum atomic E-state index is 11.8. The van der Waals surface area contributed by atoms with Crippen LogP contribution in [-0.4, -0.2) is 37.2 Å². The topological polar surface area (TPSA) is 95.2 Å². The minimum Gasteiger partial charge on any atom is -0.507 e. The lowest BCUT2D eigenvalue weighted by Crippen LogP contribution is -2.08. The van der Waals surface area contributed by atoms with Crippen molar-refractivity contribution in [2.45, 2.75) is 39.5 Å². The van der Waals surface area contributed by atoms with Gasteiger partial charge in [0, 0.05) is 22.9 Å². The van der Waals surface area contributed by atoms with Gasteiger partial charge < -0.3 is 23.7 Å². The Morgan fingerprint density at radius 3 is 2.38 bits per heavy atom. The van der Waals surface area contributed by atoms with Crippen molar-refractivity contribution in [2.24, 2.45) is 0 Å². The van der Waals surface area contributed by atoms with Crippen molar-refractivity contribution in [1.29, 1.82) is 0 Å². The number of phenolic OH excluding ortho intramolecular Hbond substituents is 1. The monoisotopic (exact) mass is 466 g/mol. The van der Waals surface area contributed by atoms with Gasteiger partial charge in [0.1, 0.15) is 22.8 Å². The first-order chi connectivity index (χ1) is 16.4. The lowest BCUT2D eigenvalue weighted by Gasteiger charge is -2.15. The van der Waals surface area contributed by atoms with E-state index in [0.29, 0.717) is 60.7 Å². The number of hydrogen-bond donors (Lipinski definition) is 1. The summed E-state index contributed by atoms with van der Waals surface area (Å²) in [6.45, 7) is 8.03. The summed E-state index contributed by atoms with van der Waals surface area (Å²) in [5.41, 5.74) is 2.41. The molecule has 2 aromatic carbocycles. The summed E-state index contributed by atoms with van der Waals surface area (Å²) in [6.07, 6.45) is 4.34. The molecule has 0 amide bonds. The van der Waals surface area contributed by atoms with E-state index < -0.39 is 5.97 Å². The summed E-state index contributed by atoms with van der Waals surface area (Å²) in [4.78, 5) is 23.5.